The fraction of sp³-hybridized carbons (Fsp3) is 0. The molecule has 0 saturated heterocycles. The molecule has 0 fully saturated rings. The predicted octanol–water partition coefficient (Wildman–Crippen LogP) is 7.20. The van der Waals surface area contributed by atoms with E-state index < -0.39 is 4.92 Å². The highest BCUT2D eigenvalue weighted by Crippen LogP contribution is 2.31. The number of nitrogens with zero attached hydrogens (tertiary/aromatic N) is 5. The minimum atomic E-state index is -0.549. The normalized spacial score (nSPS) is 11.4. The zero-order chi connectivity index (χ0) is 27.8. The maximum atomic E-state index is 13.5. The summed E-state index contributed by atoms with van der Waals surface area (Å²) in [5.41, 5.74) is 1.21. The molecule has 0 radical (unpaired) electrons. The van der Waals surface area contributed by atoms with Crippen LogP contribution in [0.25, 0.3) is 33.5 Å². The van der Waals surface area contributed by atoms with E-state index in [1.165, 1.54) is 23.0 Å². The van der Waals surface area contributed by atoms with Crippen molar-refractivity contribution in [1.82, 2.24) is 14.6 Å². The third-order valence-electron chi connectivity index (χ3n) is 5.88. The van der Waals surface area contributed by atoms with Crippen molar-refractivity contribution >= 4 is 61.3 Å². The molecule has 3 heterocycles. The van der Waals surface area contributed by atoms with Gasteiger partial charge < -0.3 is 9.15 Å². The van der Waals surface area contributed by atoms with E-state index in [-0.39, 0.29) is 28.0 Å². The Morgan fingerprint density at radius 3 is 2.70 bits per heavy atom. The second-order valence-corrected chi connectivity index (χ2v) is 9.83. The molecule has 40 heavy (non-hydrogen) atoms. The number of hydrogen-bond acceptors (Lipinski definition) is 8. The third kappa shape index (κ3) is 4.95. The van der Waals surface area contributed by atoms with Gasteiger partial charge in [0.1, 0.15) is 17.5 Å². The quantitative estimate of drug-likeness (QED) is 0.110. The Balaban J connectivity index is 1.36. The van der Waals surface area contributed by atoms with Crippen molar-refractivity contribution in [3.05, 3.63) is 121 Å². The zero-order valence-corrected chi connectivity index (χ0v) is 22.5. The average Bonchev–Trinajstić information content (AvgIpc) is 3.37. The van der Waals surface area contributed by atoms with Gasteiger partial charge in [0.05, 0.1) is 27.1 Å². The summed E-state index contributed by atoms with van der Waals surface area (Å²) < 4.78 is 13.8. The maximum Gasteiger partial charge on any atom is 0.287 e. The first kappa shape index (κ1) is 25.4. The lowest BCUT2D eigenvalue weighted by molar-refractivity contribution is -0.385. The molecule has 0 spiro atoms. The van der Waals surface area contributed by atoms with Crippen molar-refractivity contribution in [2.24, 2.45) is 5.10 Å². The number of aromatic nitrogens is 3. The monoisotopic (exact) mass is 615 g/mol. The van der Waals surface area contributed by atoms with Crippen LogP contribution < -0.4 is 10.3 Å². The molecule has 0 saturated carbocycles. The SMILES string of the molecule is O=c1c2ccccc2nc(-c2cc3cc(Br)ccc3o2)n1N=Cc1ccc(Oc2ccc([N+](=O)[O-])cn2)c(Cl)c1. The Morgan fingerprint density at radius 1 is 1.07 bits per heavy atom. The summed E-state index contributed by atoms with van der Waals surface area (Å²) in [5, 5.41) is 16.8. The van der Waals surface area contributed by atoms with E-state index >= 15 is 0 Å². The van der Waals surface area contributed by atoms with E-state index in [0.717, 1.165) is 16.1 Å². The Hall–Kier alpha value is -4.87. The molecule has 0 unspecified atom stereocenters. The number of benzene rings is 3. The summed E-state index contributed by atoms with van der Waals surface area (Å²) in [6.45, 7) is 0. The molecule has 6 aromatic rings. The molecule has 0 aliphatic rings. The van der Waals surface area contributed by atoms with Gasteiger partial charge in [0.15, 0.2) is 5.76 Å². The minimum absolute atomic E-state index is 0.144. The van der Waals surface area contributed by atoms with Gasteiger partial charge in [-0.3, -0.25) is 14.9 Å². The molecule has 0 aliphatic carbocycles. The van der Waals surface area contributed by atoms with Crippen molar-refractivity contribution in [3.8, 4) is 23.2 Å². The van der Waals surface area contributed by atoms with Crippen molar-refractivity contribution in [2.75, 3.05) is 0 Å². The van der Waals surface area contributed by atoms with E-state index in [1.54, 1.807) is 48.5 Å². The number of para-hydroxylation sites is 1. The number of hydrogen-bond donors (Lipinski definition) is 0. The molecule has 0 aliphatic heterocycles. The Labute approximate surface area is 238 Å². The van der Waals surface area contributed by atoms with Gasteiger partial charge in [0.2, 0.25) is 11.7 Å². The molecule has 10 nitrogen and oxygen atoms in total. The number of furan rings is 1. The molecule has 0 bridgehead atoms. The lowest BCUT2D eigenvalue weighted by Gasteiger charge is -2.08. The molecule has 12 heteroatoms. The summed E-state index contributed by atoms with van der Waals surface area (Å²) in [6, 6.07) is 22.0. The second kappa shape index (κ2) is 10.4. The highest BCUT2D eigenvalue weighted by Gasteiger charge is 2.17. The number of ether oxygens (including phenoxy) is 1. The first-order chi connectivity index (χ1) is 19.4. The van der Waals surface area contributed by atoms with Gasteiger partial charge in [-0.05, 0) is 60.2 Å². The molecule has 0 N–H and O–H groups in total. The molecular formula is C28H15BrClN5O5. The first-order valence-electron chi connectivity index (χ1n) is 11.7. The summed E-state index contributed by atoms with van der Waals surface area (Å²) in [6.07, 6.45) is 2.57. The number of rotatable bonds is 6. The van der Waals surface area contributed by atoms with Crippen LogP contribution in [0.2, 0.25) is 5.02 Å². The second-order valence-electron chi connectivity index (χ2n) is 8.51. The van der Waals surface area contributed by atoms with Gasteiger partial charge in [-0.15, -0.1) is 0 Å². The van der Waals surface area contributed by atoms with E-state index in [9.17, 15) is 14.9 Å². The van der Waals surface area contributed by atoms with E-state index in [4.69, 9.17) is 20.8 Å². The Kier molecular flexibility index (Phi) is 6.58. The van der Waals surface area contributed by atoms with Crippen LogP contribution in [0.3, 0.4) is 0 Å². The van der Waals surface area contributed by atoms with Gasteiger partial charge >= 0.3 is 0 Å². The zero-order valence-electron chi connectivity index (χ0n) is 20.2. The van der Waals surface area contributed by atoms with Gasteiger partial charge in [-0.25, -0.2) is 9.97 Å². The average molecular weight is 617 g/mol. The van der Waals surface area contributed by atoms with E-state index in [0.29, 0.717) is 33.6 Å². The minimum Gasteiger partial charge on any atom is -0.453 e. The molecule has 3 aromatic carbocycles. The number of halogens is 2. The molecular weight excluding hydrogens is 602 g/mol. The fourth-order valence-corrected chi connectivity index (χ4v) is 4.58. The number of nitro groups is 1. The lowest BCUT2D eigenvalue weighted by Crippen LogP contribution is -2.20. The topological polar surface area (TPSA) is 126 Å². The lowest BCUT2D eigenvalue weighted by atomic mass is 10.2. The summed E-state index contributed by atoms with van der Waals surface area (Å²) in [5.74, 6) is 1.05. The van der Waals surface area contributed by atoms with Crippen LogP contribution in [0.5, 0.6) is 11.6 Å². The van der Waals surface area contributed by atoms with Crippen molar-refractivity contribution in [1.29, 1.82) is 0 Å². The van der Waals surface area contributed by atoms with Crippen molar-refractivity contribution in [3.63, 3.8) is 0 Å². The highest BCUT2D eigenvalue weighted by atomic mass is 79.9. The van der Waals surface area contributed by atoms with E-state index in [2.05, 4.69) is 31.0 Å². The predicted molar refractivity (Wildman–Crippen MR) is 154 cm³/mol. The molecule has 196 valence electrons. The Bertz CT molecular complexity index is 2020. The first-order valence-corrected chi connectivity index (χ1v) is 12.9. The van der Waals surface area contributed by atoms with Crippen LogP contribution in [0.4, 0.5) is 5.69 Å². The maximum absolute atomic E-state index is 13.5. The highest BCUT2D eigenvalue weighted by molar-refractivity contribution is 9.10. The van der Waals surface area contributed by atoms with Crippen molar-refractivity contribution < 1.29 is 14.1 Å². The molecule has 6 rings (SSSR count). The molecule has 0 amide bonds. The van der Waals surface area contributed by atoms with Gasteiger partial charge in [-0.1, -0.05) is 39.7 Å². The third-order valence-corrected chi connectivity index (χ3v) is 6.67. The van der Waals surface area contributed by atoms with E-state index in [1.807, 2.05) is 18.2 Å². The van der Waals surface area contributed by atoms with Crippen LogP contribution in [0.15, 0.2) is 104 Å². The molecule has 0 atom stereocenters. The molecule has 3 aromatic heterocycles. The van der Waals surface area contributed by atoms with Gasteiger partial charge in [0.25, 0.3) is 11.2 Å². The summed E-state index contributed by atoms with van der Waals surface area (Å²) in [7, 11) is 0. The van der Waals surface area contributed by atoms with Crippen LogP contribution >= 0.6 is 27.5 Å². The number of pyridine rings is 1. The van der Waals surface area contributed by atoms with Crippen LogP contribution in [-0.4, -0.2) is 25.8 Å². The summed E-state index contributed by atoms with van der Waals surface area (Å²) >= 11 is 9.88. The van der Waals surface area contributed by atoms with Gasteiger partial charge in [-0.2, -0.15) is 9.78 Å². The standard InChI is InChI=1S/C28H15BrClN5O5/c29-18-6-9-23-17(12-18)13-25(39-23)27-33-22-4-2-1-3-20(22)28(36)34(27)32-14-16-5-8-24(21(30)11-16)40-26-10-7-19(15-31-26)35(37)38/h1-15H. The smallest absolute Gasteiger partial charge is 0.287 e. The Morgan fingerprint density at radius 2 is 1.93 bits per heavy atom. The largest absolute Gasteiger partial charge is 0.453 e. The number of fused-ring (bicyclic) bond motifs is 2. The van der Waals surface area contributed by atoms with Gasteiger partial charge in [0, 0.05) is 22.0 Å². The summed E-state index contributed by atoms with van der Waals surface area (Å²) in [4.78, 5) is 32.3. The van der Waals surface area contributed by atoms with Crippen LogP contribution in [0, 0.1) is 10.1 Å². The van der Waals surface area contributed by atoms with Crippen molar-refractivity contribution in [2.45, 2.75) is 0 Å². The fourth-order valence-electron chi connectivity index (χ4n) is 3.97. The van der Waals surface area contributed by atoms with Crippen LogP contribution in [0.1, 0.15) is 5.56 Å². The van der Waals surface area contributed by atoms with Crippen LogP contribution in [-0.2, 0) is 0 Å².